The van der Waals surface area contributed by atoms with Crippen LogP contribution in [-0.2, 0) is 0 Å². The van der Waals surface area contributed by atoms with Gasteiger partial charge in [0.25, 0.3) is 5.24 Å². The number of piperazine rings is 1. The van der Waals surface area contributed by atoms with Gasteiger partial charge in [0.15, 0.2) is 0 Å². The lowest BCUT2D eigenvalue weighted by Crippen LogP contribution is -2.57. The number of amides is 3. The minimum Gasteiger partial charge on any atom is -0.327 e. The molecule has 1 atom stereocenters. The van der Waals surface area contributed by atoms with E-state index in [1.807, 2.05) is 37.6 Å². The fourth-order valence-corrected chi connectivity index (χ4v) is 2.47. The van der Waals surface area contributed by atoms with Crippen LogP contribution in [0.15, 0.2) is 0 Å². The highest BCUT2D eigenvalue weighted by atomic mass is 32.2. The molecular weight excluding hydrogens is 250 g/mol. The zero-order valence-corrected chi connectivity index (χ0v) is 12.7. The van der Waals surface area contributed by atoms with E-state index in [0.29, 0.717) is 19.6 Å². The standard InChI is InChI=1S/C12H23N3O2S/c1-9(2)13(4)11(16)14-6-7-15(10(3)8-14)12(17)18-5/h9-10H,6-8H2,1-5H3. The van der Waals surface area contributed by atoms with Gasteiger partial charge in [-0.2, -0.15) is 0 Å². The predicted molar refractivity (Wildman–Crippen MR) is 74.9 cm³/mol. The van der Waals surface area contributed by atoms with Crippen molar-refractivity contribution in [3.8, 4) is 0 Å². The van der Waals surface area contributed by atoms with Gasteiger partial charge < -0.3 is 14.7 Å². The summed E-state index contributed by atoms with van der Waals surface area (Å²) < 4.78 is 0. The zero-order chi connectivity index (χ0) is 13.9. The summed E-state index contributed by atoms with van der Waals surface area (Å²) in [4.78, 5) is 29.2. The second kappa shape index (κ2) is 6.31. The molecule has 1 heterocycles. The molecule has 0 aliphatic carbocycles. The van der Waals surface area contributed by atoms with E-state index in [0.717, 1.165) is 0 Å². The largest absolute Gasteiger partial charge is 0.327 e. The van der Waals surface area contributed by atoms with Crippen molar-refractivity contribution in [3.63, 3.8) is 0 Å². The molecule has 3 amide bonds. The van der Waals surface area contributed by atoms with E-state index in [1.165, 1.54) is 11.8 Å². The molecular formula is C12H23N3O2S. The Morgan fingerprint density at radius 2 is 1.94 bits per heavy atom. The number of hydrogen-bond acceptors (Lipinski definition) is 3. The van der Waals surface area contributed by atoms with Gasteiger partial charge in [0.1, 0.15) is 0 Å². The van der Waals surface area contributed by atoms with Gasteiger partial charge >= 0.3 is 6.03 Å². The number of urea groups is 1. The quantitative estimate of drug-likeness (QED) is 0.733. The van der Waals surface area contributed by atoms with Crippen LogP contribution in [-0.4, -0.2) is 71.0 Å². The Morgan fingerprint density at radius 3 is 2.39 bits per heavy atom. The SMILES string of the molecule is CSC(=O)N1CCN(C(=O)N(C)C(C)C)CC1C. The first-order chi connectivity index (χ1) is 8.38. The Hall–Kier alpha value is -0.910. The number of nitrogens with zero attached hydrogens (tertiary/aromatic N) is 3. The molecule has 6 heteroatoms. The Balaban J connectivity index is 2.60. The molecule has 0 bridgehead atoms. The number of carbonyl (C=O) groups is 2. The maximum atomic E-state index is 12.2. The molecule has 0 spiro atoms. The van der Waals surface area contributed by atoms with Crippen molar-refractivity contribution in [2.24, 2.45) is 0 Å². The van der Waals surface area contributed by atoms with Gasteiger partial charge in [0.05, 0.1) is 0 Å². The van der Waals surface area contributed by atoms with Gasteiger partial charge in [0.2, 0.25) is 0 Å². The van der Waals surface area contributed by atoms with E-state index < -0.39 is 0 Å². The minimum absolute atomic E-state index is 0.0492. The molecule has 1 saturated heterocycles. The topological polar surface area (TPSA) is 43.9 Å². The highest BCUT2D eigenvalue weighted by Crippen LogP contribution is 2.16. The summed E-state index contributed by atoms with van der Waals surface area (Å²) in [5, 5.41) is 0.0896. The van der Waals surface area contributed by atoms with Crippen molar-refractivity contribution < 1.29 is 9.59 Å². The third-order valence-electron chi connectivity index (χ3n) is 3.38. The molecule has 0 saturated carbocycles. The fraction of sp³-hybridized carbons (Fsp3) is 0.833. The summed E-state index contributed by atoms with van der Waals surface area (Å²) in [5.74, 6) is 0. The summed E-state index contributed by atoms with van der Waals surface area (Å²) in [6.45, 7) is 7.83. The summed E-state index contributed by atoms with van der Waals surface area (Å²) in [5.41, 5.74) is 0. The van der Waals surface area contributed by atoms with Crippen molar-refractivity contribution in [2.45, 2.75) is 32.9 Å². The average molecular weight is 273 g/mol. The van der Waals surface area contributed by atoms with Crippen LogP contribution in [0.5, 0.6) is 0 Å². The van der Waals surface area contributed by atoms with E-state index in [-0.39, 0.29) is 23.4 Å². The highest BCUT2D eigenvalue weighted by Gasteiger charge is 2.30. The molecule has 0 aromatic carbocycles. The van der Waals surface area contributed by atoms with Crippen LogP contribution in [0.3, 0.4) is 0 Å². The minimum atomic E-state index is 0.0492. The van der Waals surface area contributed by atoms with Crippen LogP contribution < -0.4 is 0 Å². The van der Waals surface area contributed by atoms with Crippen LogP contribution >= 0.6 is 11.8 Å². The van der Waals surface area contributed by atoms with Crippen molar-refractivity contribution in [1.29, 1.82) is 0 Å². The highest BCUT2D eigenvalue weighted by molar-refractivity contribution is 8.12. The Morgan fingerprint density at radius 1 is 1.33 bits per heavy atom. The van der Waals surface area contributed by atoms with Crippen molar-refractivity contribution in [3.05, 3.63) is 0 Å². The first-order valence-corrected chi connectivity index (χ1v) is 7.47. The summed E-state index contributed by atoms with van der Waals surface area (Å²) in [6, 6.07) is 0.329. The van der Waals surface area contributed by atoms with E-state index in [4.69, 9.17) is 0 Å². The zero-order valence-electron chi connectivity index (χ0n) is 11.8. The van der Waals surface area contributed by atoms with Gasteiger partial charge in [-0.25, -0.2) is 4.79 Å². The van der Waals surface area contributed by atoms with Crippen LogP contribution in [0.4, 0.5) is 9.59 Å². The second-order valence-electron chi connectivity index (χ2n) is 4.95. The van der Waals surface area contributed by atoms with Gasteiger partial charge in [0, 0.05) is 38.8 Å². The van der Waals surface area contributed by atoms with Crippen molar-refractivity contribution in [2.75, 3.05) is 32.9 Å². The smallest absolute Gasteiger partial charge is 0.320 e. The van der Waals surface area contributed by atoms with Gasteiger partial charge in [-0.15, -0.1) is 0 Å². The molecule has 1 aliphatic heterocycles. The number of carbonyl (C=O) groups excluding carboxylic acids is 2. The lowest BCUT2D eigenvalue weighted by Gasteiger charge is -2.41. The fourth-order valence-electron chi connectivity index (χ4n) is 1.96. The first kappa shape index (κ1) is 15.1. The van der Waals surface area contributed by atoms with Crippen LogP contribution in [0.25, 0.3) is 0 Å². The molecule has 104 valence electrons. The molecule has 0 aromatic rings. The predicted octanol–water partition coefficient (Wildman–Crippen LogP) is 1.94. The van der Waals surface area contributed by atoms with Gasteiger partial charge in [-0.3, -0.25) is 4.79 Å². The van der Waals surface area contributed by atoms with Crippen LogP contribution in [0.2, 0.25) is 0 Å². The number of rotatable bonds is 1. The molecule has 1 rings (SSSR count). The molecule has 18 heavy (non-hydrogen) atoms. The normalized spacial score (nSPS) is 20.2. The Labute approximate surface area is 113 Å². The molecule has 5 nitrogen and oxygen atoms in total. The van der Waals surface area contributed by atoms with E-state index in [2.05, 4.69) is 0 Å². The summed E-state index contributed by atoms with van der Waals surface area (Å²) >= 11 is 1.23. The average Bonchev–Trinajstić information content (AvgIpc) is 2.35. The number of thioether (sulfide) groups is 1. The maximum absolute atomic E-state index is 12.2. The van der Waals surface area contributed by atoms with Crippen LogP contribution in [0.1, 0.15) is 20.8 Å². The Bertz CT molecular complexity index is 322. The van der Waals surface area contributed by atoms with Gasteiger partial charge in [-0.05, 0) is 27.0 Å². The lowest BCUT2D eigenvalue weighted by molar-refractivity contribution is 0.102. The lowest BCUT2D eigenvalue weighted by atomic mass is 10.2. The number of hydrogen-bond donors (Lipinski definition) is 0. The Kier molecular flexibility index (Phi) is 5.31. The van der Waals surface area contributed by atoms with Crippen LogP contribution in [0, 0.1) is 0 Å². The molecule has 1 unspecified atom stereocenters. The van der Waals surface area contributed by atoms with E-state index >= 15 is 0 Å². The molecule has 0 N–H and O–H groups in total. The molecule has 1 aliphatic rings. The van der Waals surface area contributed by atoms with Crippen molar-refractivity contribution in [1.82, 2.24) is 14.7 Å². The van der Waals surface area contributed by atoms with Gasteiger partial charge in [-0.1, -0.05) is 11.8 Å². The first-order valence-electron chi connectivity index (χ1n) is 6.24. The summed E-state index contributed by atoms with van der Waals surface area (Å²) in [6.07, 6.45) is 1.79. The van der Waals surface area contributed by atoms with E-state index in [9.17, 15) is 9.59 Å². The van der Waals surface area contributed by atoms with E-state index in [1.54, 1.807) is 11.2 Å². The molecule has 0 radical (unpaired) electrons. The third-order valence-corrected chi connectivity index (χ3v) is 3.97. The van der Waals surface area contributed by atoms with Crippen molar-refractivity contribution >= 4 is 23.0 Å². The second-order valence-corrected chi connectivity index (χ2v) is 5.70. The monoisotopic (exact) mass is 273 g/mol. The molecule has 1 fully saturated rings. The maximum Gasteiger partial charge on any atom is 0.320 e. The molecule has 0 aromatic heterocycles. The third kappa shape index (κ3) is 3.31. The summed E-state index contributed by atoms with van der Waals surface area (Å²) in [7, 11) is 1.82.